The first-order chi connectivity index (χ1) is 12.6. The van der Waals surface area contributed by atoms with Crippen LogP contribution in [0.25, 0.3) is 5.82 Å². The van der Waals surface area contributed by atoms with Crippen molar-refractivity contribution in [2.75, 3.05) is 41.7 Å². The summed E-state index contributed by atoms with van der Waals surface area (Å²) in [5.41, 5.74) is 8.91. The van der Waals surface area contributed by atoms with Crippen LogP contribution in [0.15, 0.2) is 36.8 Å². The Kier molecular flexibility index (Phi) is 4.16. The van der Waals surface area contributed by atoms with E-state index < -0.39 is 0 Å². The zero-order chi connectivity index (χ0) is 18.1. The van der Waals surface area contributed by atoms with Gasteiger partial charge in [-0.2, -0.15) is 5.10 Å². The summed E-state index contributed by atoms with van der Waals surface area (Å²) < 4.78 is 1.78. The SMILES string of the molecule is Cc1cc(C)n(-c2ncnc(N3CCN(c4ccccn4)CC3)c2N)n1. The summed E-state index contributed by atoms with van der Waals surface area (Å²) in [5.74, 6) is 2.40. The van der Waals surface area contributed by atoms with Gasteiger partial charge in [0.15, 0.2) is 11.6 Å². The van der Waals surface area contributed by atoms with Crippen LogP contribution in [0.4, 0.5) is 17.3 Å². The topological polar surface area (TPSA) is 89.0 Å². The highest BCUT2D eigenvalue weighted by atomic mass is 15.3. The van der Waals surface area contributed by atoms with Crippen LogP contribution in [0.2, 0.25) is 0 Å². The third kappa shape index (κ3) is 2.94. The van der Waals surface area contributed by atoms with Crippen LogP contribution >= 0.6 is 0 Å². The van der Waals surface area contributed by atoms with E-state index in [4.69, 9.17) is 5.73 Å². The lowest BCUT2D eigenvalue weighted by atomic mass is 10.3. The fourth-order valence-electron chi connectivity index (χ4n) is 3.33. The zero-order valence-corrected chi connectivity index (χ0v) is 15.0. The summed E-state index contributed by atoms with van der Waals surface area (Å²) >= 11 is 0. The van der Waals surface area contributed by atoms with Crippen molar-refractivity contribution in [3.8, 4) is 5.82 Å². The Balaban J connectivity index is 1.56. The second-order valence-corrected chi connectivity index (χ2v) is 6.44. The second kappa shape index (κ2) is 6.62. The van der Waals surface area contributed by atoms with Crippen LogP contribution < -0.4 is 15.5 Å². The molecule has 8 heteroatoms. The number of piperazine rings is 1. The number of hydrogen-bond donors (Lipinski definition) is 1. The van der Waals surface area contributed by atoms with E-state index in [0.29, 0.717) is 11.5 Å². The van der Waals surface area contributed by atoms with Crippen LogP contribution in [0, 0.1) is 13.8 Å². The van der Waals surface area contributed by atoms with E-state index in [-0.39, 0.29) is 0 Å². The molecule has 0 bridgehead atoms. The van der Waals surface area contributed by atoms with Crippen LogP contribution in [-0.2, 0) is 0 Å². The minimum atomic E-state index is 0.560. The van der Waals surface area contributed by atoms with E-state index in [2.05, 4.69) is 29.9 Å². The van der Waals surface area contributed by atoms with Gasteiger partial charge in [0.25, 0.3) is 0 Å². The maximum atomic E-state index is 6.42. The van der Waals surface area contributed by atoms with Crippen molar-refractivity contribution in [3.63, 3.8) is 0 Å². The Bertz CT molecular complexity index is 897. The summed E-state index contributed by atoms with van der Waals surface area (Å²) in [5, 5.41) is 4.49. The monoisotopic (exact) mass is 350 g/mol. The number of aryl methyl sites for hydroxylation is 2. The van der Waals surface area contributed by atoms with Gasteiger partial charge in [-0.25, -0.2) is 19.6 Å². The molecule has 2 N–H and O–H groups in total. The fourth-order valence-corrected chi connectivity index (χ4v) is 3.33. The van der Waals surface area contributed by atoms with E-state index in [0.717, 1.165) is 49.2 Å². The summed E-state index contributed by atoms with van der Waals surface area (Å²) in [6.45, 7) is 7.35. The van der Waals surface area contributed by atoms with Gasteiger partial charge >= 0.3 is 0 Å². The largest absolute Gasteiger partial charge is 0.393 e. The van der Waals surface area contributed by atoms with Gasteiger partial charge in [-0.3, -0.25) is 0 Å². The van der Waals surface area contributed by atoms with Crippen molar-refractivity contribution in [1.29, 1.82) is 0 Å². The first-order valence-electron chi connectivity index (χ1n) is 8.68. The Morgan fingerprint density at radius 3 is 2.31 bits per heavy atom. The normalized spacial score (nSPS) is 14.7. The minimum Gasteiger partial charge on any atom is -0.393 e. The van der Waals surface area contributed by atoms with Gasteiger partial charge in [-0.1, -0.05) is 6.07 Å². The quantitative estimate of drug-likeness (QED) is 0.767. The number of aromatic nitrogens is 5. The molecular weight excluding hydrogens is 328 g/mol. The molecule has 0 spiro atoms. The van der Waals surface area contributed by atoms with Crippen LogP contribution in [0.3, 0.4) is 0 Å². The Morgan fingerprint density at radius 2 is 1.65 bits per heavy atom. The van der Waals surface area contributed by atoms with Gasteiger partial charge in [0.05, 0.1) is 5.69 Å². The molecule has 1 fully saturated rings. The Labute approximate surface area is 152 Å². The molecule has 0 aromatic carbocycles. The number of hydrogen-bond acceptors (Lipinski definition) is 7. The zero-order valence-electron chi connectivity index (χ0n) is 15.0. The molecule has 0 aliphatic carbocycles. The van der Waals surface area contributed by atoms with Crippen LogP contribution in [0.1, 0.15) is 11.4 Å². The number of pyridine rings is 1. The summed E-state index contributed by atoms with van der Waals surface area (Å²) in [6.07, 6.45) is 3.38. The van der Waals surface area contributed by atoms with Gasteiger partial charge in [0.1, 0.15) is 17.8 Å². The van der Waals surface area contributed by atoms with E-state index in [1.807, 2.05) is 44.3 Å². The molecule has 8 nitrogen and oxygen atoms in total. The molecule has 26 heavy (non-hydrogen) atoms. The molecule has 0 atom stereocenters. The van der Waals surface area contributed by atoms with E-state index >= 15 is 0 Å². The maximum Gasteiger partial charge on any atom is 0.182 e. The molecule has 3 aromatic rings. The van der Waals surface area contributed by atoms with E-state index in [1.54, 1.807) is 11.0 Å². The third-order valence-electron chi connectivity index (χ3n) is 4.60. The Morgan fingerprint density at radius 1 is 0.923 bits per heavy atom. The molecule has 1 aliphatic rings. The molecular formula is C18H22N8. The van der Waals surface area contributed by atoms with Gasteiger partial charge in [-0.05, 0) is 32.0 Å². The molecule has 0 saturated carbocycles. The van der Waals surface area contributed by atoms with Crippen molar-refractivity contribution >= 4 is 17.3 Å². The molecule has 1 saturated heterocycles. The average molecular weight is 350 g/mol. The van der Waals surface area contributed by atoms with Crippen molar-refractivity contribution in [1.82, 2.24) is 24.7 Å². The van der Waals surface area contributed by atoms with E-state index in [1.165, 1.54) is 0 Å². The lowest BCUT2D eigenvalue weighted by Gasteiger charge is -2.36. The maximum absolute atomic E-state index is 6.42. The average Bonchev–Trinajstić information content (AvgIpc) is 3.01. The number of nitrogens with two attached hydrogens (primary N) is 1. The highest BCUT2D eigenvalue weighted by Gasteiger charge is 2.22. The smallest absolute Gasteiger partial charge is 0.182 e. The van der Waals surface area contributed by atoms with Crippen LogP contribution in [-0.4, -0.2) is 50.9 Å². The minimum absolute atomic E-state index is 0.560. The van der Waals surface area contributed by atoms with Gasteiger partial charge in [0.2, 0.25) is 0 Å². The first-order valence-corrected chi connectivity index (χ1v) is 8.68. The standard InChI is InChI=1S/C18H22N8/c1-13-11-14(2)26(23-13)18-16(19)17(21-12-22-18)25-9-7-24(8-10-25)15-5-3-4-6-20-15/h3-6,11-12H,7-10,19H2,1-2H3. The lowest BCUT2D eigenvalue weighted by Crippen LogP contribution is -2.47. The molecule has 3 aromatic heterocycles. The lowest BCUT2D eigenvalue weighted by molar-refractivity contribution is 0.641. The fraction of sp³-hybridized carbons (Fsp3) is 0.333. The number of rotatable bonds is 3. The molecule has 4 heterocycles. The van der Waals surface area contributed by atoms with Crippen molar-refractivity contribution in [2.45, 2.75) is 13.8 Å². The van der Waals surface area contributed by atoms with E-state index in [9.17, 15) is 0 Å². The van der Waals surface area contributed by atoms with Crippen molar-refractivity contribution in [2.24, 2.45) is 0 Å². The number of nitrogen functional groups attached to an aromatic ring is 1. The summed E-state index contributed by atoms with van der Waals surface area (Å²) in [7, 11) is 0. The molecule has 0 unspecified atom stereocenters. The summed E-state index contributed by atoms with van der Waals surface area (Å²) in [4.78, 5) is 17.7. The van der Waals surface area contributed by atoms with Crippen LogP contribution in [0.5, 0.6) is 0 Å². The number of anilines is 3. The highest BCUT2D eigenvalue weighted by Crippen LogP contribution is 2.27. The predicted octanol–water partition coefficient (Wildman–Crippen LogP) is 1.58. The molecule has 134 valence electrons. The van der Waals surface area contributed by atoms with Gasteiger partial charge in [-0.15, -0.1) is 0 Å². The van der Waals surface area contributed by atoms with Crippen molar-refractivity contribution in [3.05, 3.63) is 48.2 Å². The number of nitrogens with zero attached hydrogens (tertiary/aromatic N) is 7. The summed E-state index contributed by atoms with van der Waals surface area (Å²) in [6, 6.07) is 7.99. The van der Waals surface area contributed by atoms with Crippen molar-refractivity contribution < 1.29 is 0 Å². The first kappa shape index (κ1) is 16.3. The highest BCUT2D eigenvalue weighted by molar-refractivity contribution is 5.70. The Hall–Kier alpha value is -3.16. The third-order valence-corrected chi connectivity index (χ3v) is 4.60. The second-order valence-electron chi connectivity index (χ2n) is 6.44. The molecule has 4 rings (SSSR count). The van der Waals surface area contributed by atoms with Gasteiger partial charge < -0.3 is 15.5 Å². The predicted molar refractivity (Wildman–Crippen MR) is 102 cm³/mol. The molecule has 1 aliphatic heterocycles. The molecule has 0 amide bonds. The molecule has 0 radical (unpaired) electrons. The van der Waals surface area contributed by atoms with Gasteiger partial charge in [0, 0.05) is 38.1 Å².